The van der Waals surface area contributed by atoms with Gasteiger partial charge in [0, 0.05) is 41.0 Å². The number of hydrogen-bond donors (Lipinski definition) is 3. The molecule has 3 N–H and O–H groups in total. The van der Waals surface area contributed by atoms with Crippen LogP contribution in [-0.4, -0.2) is 39.4 Å². The van der Waals surface area contributed by atoms with Crippen molar-refractivity contribution in [2.75, 3.05) is 18.1 Å². The molecule has 0 aromatic heterocycles. The summed E-state index contributed by atoms with van der Waals surface area (Å²) in [5, 5.41) is 13.8. The molecule has 0 bridgehead atoms. The topological polar surface area (TPSA) is 95.5 Å². The lowest BCUT2D eigenvalue weighted by atomic mass is 10.1. The van der Waals surface area contributed by atoms with E-state index in [1.807, 2.05) is 0 Å². The Bertz CT molecular complexity index is 516. The van der Waals surface area contributed by atoms with E-state index in [2.05, 4.69) is 10.6 Å². The van der Waals surface area contributed by atoms with Crippen LogP contribution >= 0.6 is 0 Å². The third-order valence-corrected chi connectivity index (χ3v) is 4.26. The zero-order valence-corrected chi connectivity index (χ0v) is 12.9. The molecule has 1 rings (SSSR count). The molecule has 6 nitrogen and oxygen atoms in total. The van der Waals surface area contributed by atoms with E-state index < -0.39 is 16.8 Å². The molecule has 2 amide bonds. The van der Waals surface area contributed by atoms with E-state index in [9.17, 15) is 13.8 Å². The van der Waals surface area contributed by atoms with Gasteiger partial charge in [-0.15, -0.1) is 0 Å². The fraction of sp³-hybridized carbons (Fsp3) is 0.429. The Morgan fingerprint density at radius 1 is 1.29 bits per heavy atom. The molecule has 0 fully saturated rings. The third kappa shape index (κ3) is 6.89. The molecule has 2 atom stereocenters. The Morgan fingerprint density at radius 2 is 1.90 bits per heavy atom. The van der Waals surface area contributed by atoms with Gasteiger partial charge in [0.05, 0.1) is 0 Å². The number of hydrogen-bond acceptors (Lipinski definition) is 3. The normalized spacial score (nSPS) is 13.2. The van der Waals surface area contributed by atoms with Gasteiger partial charge in [0.2, 0.25) is 0 Å². The summed E-state index contributed by atoms with van der Waals surface area (Å²) >= 11 is 0. The SMILES string of the molecule is CC(CNC(=O)Nc1ccc(CCC(=O)O)cc1)S(C)=O. The second kappa shape index (κ2) is 8.41. The Balaban J connectivity index is 2.42. The summed E-state index contributed by atoms with van der Waals surface area (Å²) in [6.07, 6.45) is 2.14. The lowest BCUT2D eigenvalue weighted by Gasteiger charge is -2.11. The standard InChI is InChI=1S/C14H20N2O4S/c1-10(21(2)20)9-15-14(19)16-12-6-3-11(4-7-12)5-8-13(17)18/h3-4,6-7,10H,5,8-9H2,1-2H3,(H,17,18)(H2,15,16,19). The van der Waals surface area contributed by atoms with E-state index >= 15 is 0 Å². The summed E-state index contributed by atoms with van der Waals surface area (Å²) in [5.74, 6) is -0.834. The van der Waals surface area contributed by atoms with Crippen LogP contribution in [0, 0.1) is 0 Å². The lowest BCUT2D eigenvalue weighted by molar-refractivity contribution is -0.136. The molecule has 0 aliphatic rings. The summed E-state index contributed by atoms with van der Waals surface area (Å²) in [4.78, 5) is 22.1. The highest BCUT2D eigenvalue weighted by Gasteiger charge is 2.08. The van der Waals surface area contributed by atoms with Crippen molar-refractivity contribution in [1.29, 1.82) is 0 Å². The van der Waals surface area contributed by atoms with Gasteiger partial charge in [0.25, 0.3) is 0 Å². The number of rotatable bonds is 7. The molecule has 21 heavy (non-hydrogen) atoms. The van der Waals surface area contributed by atoms with Crippen molar-refractivity contribution >= 4 is 28.5 Å². The van der Waals surface area contributed by atoms with E-state index in [4.69, 9.17) is 5.11 Å². The predicted molar refractivity (Wildman–Crippen MR) is 82.9 cm³/mol. The van der Waals surface area contributed by atoms with Crippen LogP contribution in [0.4, 0.5) is 10.5 Å². The lowest BCUT2D eigenvalue weighted by Crippen LogP contribution is -2.35. The van der Waals surface area contributed by atoms with Gasteiger partial charge in [-0.25, -0.2) is 4.79 Å². The minimum Gasteiger partial charge on any atom is -0.481 e. The first kappa shape index (κ1) is 17.2. The average Bonchev–Trinajstić information content (AvgIpc) is 2.43. The highest BCUT2D eigenvalue weighted by atomic mass is 32.2. The number of anilines is 1. The van der Waals surface area contributed by atoms with Crippen LogP contribution in [0.2, 0.25) is 0 Å². The smallest absolute Gasteiger partial charge is 0.319 e. The van der Waals surface area contributed by atoms with Crippen molar-refractivity contribution in [3.63, 3.8) is 0 Å². The number of aryl methyl sites for hydroxylation is 1. The summed E-state index contributed by atoms with van der Waals surface area (Å²) in [6, 6.07) is 6.64. The summed E-state index contributed by atoms with van der Waals surface area (Å²) < 4.78 is 11.2. The molecule has 1 aromatic rings. The molecular formula is C14H20N2O4S. The van der Waals surface area contributed by atoms with Crippen LogP contribution in [-0.2, 0) is 22.0 Å². The largest absolute Gasteiger partial charge is 0.481 e. The Morgan fingerprint density at radius 3 is 2.43 bits per heavy atom. The van der Waals surface area contributed by atoms with Crippen LogP contribution in [0.1, 0.15) is 18.9 Å². The van der Waals surface area contributed by atoms with Gasteiger partial charge < -0.3 is 15.7 Å². The summed E-state index contributed by atoms with van der Waals surface area (Å²) in [7, 11) is -0.973. The van der Waals surface area contributed by atoms with Crippen LogP contribution in [0.15, 0.2) is 24.3 Å². The van der Waals surface area contributed by atoms with Crippen molar-refractivity contribution in [3.8, 4) is 0 Å². The molecule has 0 radical (unpaired) electrons. The number of nitrogens with one attached hydrogen (secondary N) is 2. The monoisotopic (exact) mass is 312 g/mol. The number of urea groups is 1. The van der Waals surface area contributed by atoms with E-state index in [-0.39, 0.29) is 17.7 Å². The molecule has 2 unspecified atom stereocenters. The fourth-order valence-electron chi connectivity index (χ4n) is 1.54. The van der Waals surface area contributed by atoms with Crippen LogP contribution < -0.4 is 10.6 Å². The number of benzene rings is 1. The maximum Gasteiger partial charge on any atom is 0.319 e. The van der Waals surface area contributed by atoms with Gasteiger partial charge in [-0.2, -0.15) is 0 Å². The molecule has 0 aliphatic carbocycles. The summed E-state index contributed by atoms with van der Waals surface area (Å²) in [6.45, 7) is 2.14. The number of carbonyl (C=O) groups is 2. The van der Waals surface area contributed by atoms with Crippen LogP contribution in [0.25, 0.3) is 0 Å². The molecule has 0 saturated heterocycles. The minimum absolute atomic E-state index is 0.0826. The average molecular weight is 312 g/mol. The number of carboxylic acid groups (broad SMARTS) is 1. The van der Waals surface area contributed by atoms with Crippen molar-refractivity contribution in [1.82, 2.24) is 5.32 Å². The van der Waals surface area contributed by atoms with Gasteiger partial charge in [0.15, 0.2) is 0 Å². The first-order valence-corrected chi connectivity index (χ1v) is 8.18. The zero-order valence-electron chi connectivity index (χ0n) is 12.1. The van der Waals surface area contributed by atoms with Gasteiger partial charge in [-0.05, 0) is 31.0 Å². The second-order valence-electron chi connectivity index (χ2n) is 4.73. The van der Waals surface area contributed by atoms with Gasteiger partial charge in [-0.3, -0.25) is 9.00 Å². The number of aliphatic carboxylic acids is 1. The highest BCUT2D eigenvalue weighted by molar-refractivity contribution is 7.84. The van der Waals surface area contributed by atoms with Gasteiger partial charge in [-0.1, -0.05) is 12.1 Å². The minimum atomic E-state index is -0.973. The quantitative estimate of drug-likeness (QED) is 0.712. The predicted octanol–water partition coefficient (Wildman–Crippen LogP) is 1.59. The van der Waals surface area contributed by atoms with E-state index in [0.717, 1.165) is 5.56 Å². The molecule has 116 valence electrons. The molecule has 0 aliphatic heterocycles. The molecule has 7 heteroatoms. The number of carboxylic acids is 1. The van der Waals surface area contributed by atoms with Crippen molar-refractivity contribution < 1.29 is 18.9 Å². The summed E-state index contributed by atoms with van der Waals surface area (Å²) in [5.41, 5.74) is 1.52. The molecular weight excluding hydrogens is 292 g/mol. The van der Waals surface area contributed by atoms with Crippen LogP contribution in [0.3, 0.4) is 0 Å². The van der Waals surface area contributed by atoms with Crippen LogP contribution in [0.5, 0.6) is 0 Å². The maximum atomic E-state index is 11.6. The highest BCUT2D eigenvalue weighted by Crippen LogP contribution is 2.11. The molecule has 0 saturated carbocycles. The first-order valence-electron chi connectivity index (χ1n) is 6.56. The Kier molecular flexibility index (Phi) is 6.87. The molecule has 1 aromatic carbocycles. The first-order chi connectivity index (χ1) is 9.88. The third-order valence-electron chi connectivity index (χ3n) is 2.96. The van der Waals surface area contributed by atoms with Crippen molar-refractivity contribution in [3.05, 3.63) is 29.8 Å². The maximum absolute atomic E-state index is 11.6. The van der Waals surface area contributed by atoms with Gasteiger partial charge in [0.1, 0.15) is 0 Å². The van der Waals surface area contributed by atoms with Crippen molar-refractivity contribution in [2.45, 2.75) is 25.0 Å². The van der Waals surface area contributed by atoms with E-state index in [0.29, 0.717) is 18.7 Å². The Labute approximate surface area is 126 Å². The Hall–Kier alpha value is -1.89. The van der Waals surface area contributed by atoms with E-state index in [1.54, 1.807) is 37.4 Å². The fourth-order valence-corrected chi connectivity index (χ4v) is 1.85. The number of carbonyl (C=O) groups excluding carboxylic acids is 1. The number of amides is 2. The molecule has 0 spiro atoms. The molecule has 0 heterocycles. The zero-order chi connectivity index (χ0) is 15.8. The van der Waals surface area contributed by atoms with Gasteiger partial charge >= 0.3 is 12.0 Å². The van der Waals surface area contributed by atoms with E-state index in [1.165, 1.54) is 0 Å². The second-order valence-corrected chi connectivity index (χ2v) is 6.54. The van der Waals surface area contributed by atoms with Crippen molar-refractivity contribution in [2.24, 2.45) is 0 Å².